The lowest BCUT2D eigenvalue weighted by Crippen LogP contribution is -2.29. The van der Waals surface area contributed by atoms with E-state index in [0.29, 0.717) is 11.7 Å². The van der Waals surface area contributed by atoms with E-state index in [1.54, 1.807) is 17.5 Å². The molecular formula is C16H18N6OS. The normalized spacial score (nSPS) is 15.7. The molecule has 7 nitrogen and oxygen atoms in total. The summed E-state index contributed by atoms with van der Waals surface area (Å²) in [7, 11) is 0. The summed E-state index contributed by atoms with van der Waals surface area (Å²) in [6, 6.07) is 6.03. The number of nitrogens with one attached hydrogen (secondary N) is 2. The fraction of sp³-hybridized carbons (Fsp3) is 0.375. The van der Waals surface area contributed by atoms with Crippen LogP contribution in [0.4, 0.5) is 5.69 Å². The lowest BCUT2D eigenvalue weighted by molar-refractivity contribution is 0.102. The number of benzene rings is 1. The molecule has 0 unspecified atom stereocenters. The van der Waals surface area contributed by atoms with Gasteiger partial charge in [0.25, 0.3) is 5.91 Å². The third kappa shape index (κ3) is 3.02. The second-order valence-corrected chi connectivity index (χ2v) is 7.17. The largest absolute Gasteiger partial charge is 0.320 e. The Morgan fingerprint density at radius 3 is 3.04 bits per heavy atom. The zero-order chi connectivity index (χ0) is 16.5. The summed E-state index contributed by atoms with van der Waals surface area (Å²) in [5.74, 6) is -0.240. The molecule has 2 N–H and O–H groups in total. The number of thiazole rings is 1. The number of hydrogen-bond acceptors (Lipinski definition) is 6. The van der Waals surface area contributed by atoms with Crippen LogP contribution in [0.3, 0.4) is 0 Å². The van der Waals surface area contributed by atoms with Gasteiger partial charge in [0.1, 0.15) is 0 Å². The monoisotopic (exact) mass is 342 g/mol. The maximum atomic E-state index is 12.4. The van der Waals surface area contributed by atoms with Crippen molar-refractivity contribution in [2.45, 2.75) is 25.8 Å². The molecule has 1 aliphatic rings. The third-order valence-corrected chi connectivity index (χ3v) is 5.11. The topological polar surface area (TPSA) is 84.7 Å². The lowest BCUT2D eigenvalue weighted by atomic mass is 10.1. The van der Waals surface area contributed by atoms with Crippen LogP contribution < -0.4 is 10.6 Å². The van der Waals surface area contributed by atoms with E-state index in [1.165, 1.54) is 0 Å². The first kappa shape index (κ1) is 15.2. The smallest absolute Gasteiger partial charge is 0.277 e. The van der Waals surface area contributed by atoms with Crippen molar-refractivity contribution in [2.75, 3.05) is 18.4 Å². The summed E-state index contributed by atoms with van der Waals surface area (Å²) in [4.78, 5) is 16.8. The van der Waals surface area contributed by atoms with Gasteiger partial charge in [-0.2, -0.15) is 0 Å². The Morgan fingerprint density at radius 1 is 1.38 bits per heavy atom. The van der Waals surface area contributed by atoms with E-state index >= 15 is 0 Å². The van der Waals surface area contributed by atoms with Crippen LogP contribution >= 0.6 is 11.3 Å². The van der Waals surface area contributed by atoms with Crippen molar-refractivity contribution < 1.29 is 4.79 Å². The number of carbonyl (C=O) groups is 1. The van der Waals surface area contributed by atoms with Crippen LogP contribution in [0.2, 0.25) is 0 Å². The number of aryl methyl sites for hydroxylation is 1. The van der Waals surface area contributed by atoms with E-state index in [0.717, 1.165) is 46.8 Å². The van der Waals surface area contributed by atoms with E-state index in [-0.39, 0.29) is 5.91 Å². The Kier molecular flexibility index (Phi) is 3.99. The van der Waals surface area contributed by atoms with Crippen LogP contribution in [0.1, 0.15) is 34.4 Å². The second kappa shape index (κ2) is 6.29. The van der Waals surface area contributed by atoms with Gasteiger partial charge in [0, 0.05) is 5.69 Å². The van der Waals surface area contributed by atoms with Crippen molar-refractivity contribution in [3.63, 3.8) is 0 Å². The minimum absolute atomic E-state index is 0.240. The van der Waals surface area contributed by atoms with Crippen molar-refractivity contribution in [3.8, 4) is 0 Å². The molecular weight excluding hydrogens is 324 g/mol. The van der Waals surface area contributed by atoms with Gasteiger partial charge in [-0.3, -0.25) is 4.79 Å². The Balaban J connectivity index is 1.49. The highest BCUT2D eigenvalue weighted by Crippen LogP contribution is 2.25. The molecule has 3 heterocycles. The van der Waals surface area contributed by atoms with Crippen molar-refractivity contribution in [2.24, 2.45) is 0 Å². The van der Waals surface area contributed by atoms with Crippen LogP contribution in [-0.4, -0.2) is 39.0 Å². The summed E-state index contributed by atoms with van der Waals surface area (Å²) in [5, 5.41) is 15.4. The molecule has 124 valence electrons. The number of rotatable bonds is 3. The van der Waals surface area contributed by atoms with Gasteiger partial charge in [0.05, 0.1) is 27.5 Å². The number of amides is 1. The Morgan fingerprint density at radius 2 is 2.21 bits per heavy atom. The molecule has 2 aromatic heterocycles. The van der Waals surface area contributed by atoms with Crippen molar-refractivity contribution in [1.29, 1.82) is 0 Å². The van der Waals surface area contributed by atoms with E-state index in [2.05, 4.69) is 25.9 Å². The number of aromatic nitrogens is 4. The first-order chi connectivity index (χ1) is 11.7. The molecule has 8 heteroatoms. The van der Waals surface area contributed by atoms with E-state index in [9.17, 15) is 4.79 Å². The molecule has 24 heavy (non-hydrogen) atoms. The van der Waals surface area contributed by atoms with Crippen LogP contribution in [0, 0.1) is 6.92 Å². The molecule has 1 amide bonds. The molecule has 1 saturated heterocycles. The fourth-order valence-corrected chi connectivity index (χ4v) is 3.81. The molecule has 4 rings (SSSR count). The molecule has 0 spiro atoms. The predicted molar refractivity (Wildman–Crippen MR) is 93.5 cm³/mol. The first-order valence-corrected chi connectivity index (χ1v) is 8.82. The lowest BCUT2D eigenvalue weighted by Gasteiger charge is -2.22. The van der Waals surface area contributed by atoms with Gasteiger partial charge < -0.3 is 10.6 Å². The SMILES string of the molecule is Cc1nc2ccc(NC(=O)c3cn(C4CCNCC4)nn3)cc2s1. The van der Waals surface area contributed by atoms with Crippen LogP contribution in [0.15, 0.2) is 24.4 Å². The van der Waals surface area contributed by atoms with Crippen LogP contribution in [0.5, 0.6) is 0 Å². The summed E-state index contributed by atoms with van der Waals surface area (Å²) >= 11 is 1.61. The van der Waals surface area contributed by atoms with E-state index < -0.39 is 0 Å². The Labute approximate surface area is 143 Å². The first-order valence-electron chi connectivity index (χ1n) is 8.00. The third-order valence-electron chi connectivity index (χ3n) is 4.18. The summed E-state index contributed by atoms with van der Waals surface area (Å²) in [5.41, 5.74) is 2.04. The quantitative estimate of drug-likeness (QED) is 0.763. The van der Waals surface area contributed by atoms with Gasteiger partial charge in [-0.25, -0.2) is 9.67 Å². The number of nitrogens with zero attached hydrogens (tertiary/aromatic N) is 4. The van der Waals surface area contributed by atoms with Gasteiger partial charge in [-0.15, -0.1) is 16.4 Å². The minimum Gasteiger partial charge on any atom is -0.320 e. The standard InChI is InChI=1S/C16H18N6OS/c1-10-18-13-3-2-11(8-15(13)24-10)19-16(23)14-9-22(21-20-14)12-4-6-17-7-5-12/h2-3,8-9,12,17H,4-7H2,1H3,(H,19,23). The summed E-state index contributed by atoms with van der Waals surface area (Å²) < 4.78 is 2.87. The predicted octanol–water partition coefficient (Wildman–Crippen LogP) is 2.37. The molecule has 1 aromatic carbocycles. The van der Waals surface area contributed by atoms with Gasteiger partial charge in [-0.1, -0.05) is 5.21 Å². The Bertz CT molecular complexity index is 880. The molecule has 0 saturated carbocycles. The highest BCUT2D eigenvalue weighted by molar-refractivity contribution is 7.18. The molecule has 0 atom stereocenters. The second-order valence-electron chi connectivity index (χ2n) is 5.93. The van der Waals surface area contributed by atoms with Crippen molar-refractivity contribution in [1.82, 2.24) is 25.3 Å². The number of anilines is 1. The van der Waals surface area contributed by atoms with E-state index in [4.69, 9.17) is 0 Å². The average Bonchev–Trinajstić information content (AvgIpc) is 3.21. The number of carbonyl (C=O) groups excluding carboxylic acids is 1. The zero-order valence-corrected chi connectivity index (χ0v) is 14.1. The molecule has 0 bridgehead atoms. The summed E-state index contributed by atoms with van der Waals surface area (Å²) in [6.07, 6.45) is 3.75. The molecule has 0 aliphatic carbocycles. The molecule has 3 aromatic rings. The van der Waals surface area contributed by atoms with Gasteiger partial charge in [0.15, 0.2) is 5.69 Å². The average molecular weight is 342 g/mol. The van der Waals surface area contributed by atoms with Gasteiger partial charge in [-0.05, 0) is 51.1 Å². The van der Waals surface area contributed by atoms with Crippen molar-refractivity contribution >= 4 is 33.1 Å². The number of hydrogen-bond donors (Lipinski definition) is 2. The van der Waals surface area contributed by atoms with Crippen molar-refractivity contribution in [3.05, 3.63) is 35.1 Å². The Hall–Kier alpha value is -2.32. The molecule has 0 radical (unpaired) electrons. The van der Waals surface area contributed by atoms with E-state index in [1.807, 2.05) is 29.8 Å². The highest BCUT2D eigenvalue weighted by Gasteiger charge is 2.19. The molecule has 1 aliphatic heterocycles. The maximum Gasteiger partial charge on any atom is 0.277 e. The number of piperidine rings is 1. The van der Waals surface area contributed by atoms with Gasteiger partial charge in [0.2, 0.25) is 0 Å². The van der Waals surface area contributed by atoms with Gasteiger partial charge >= 0.3 is 0 Å². The molecule has 1 fully saturated rings. The maximum absolute atomic E-state index is 12.4. The highest BCUT2D eigenvalue weighted by atomic mass is 32.1. The van der Waals surface area contributed by atoms with Crippen LogP contribution in [0.25, 0.3) is 10.2 Å². The fourth-order valence-electron chi connectivity index (χ4n) is 2.94. The summed E-state index contributed by atoms with van der Waals surface area (Å²) in [6.45, 7) is 3.92. The zero-order valence-electron chi connectivity index (χ0n) is 13.3. The van der Waals surface area contributed by atoms with Crippen LogP contribution in [-0.2, 0) is 0 Å². The minimum atomic E-state index is -0.240. The number of fused-ring (bicyclic) bond motifs is 1.